The van der Waals surface area contributed by atoms with Crippen molar-refractivity contribution in [3.8, 4) is 0 Å². The van der Waals surface area contributed by atoms with Gasteiger partial charge in [-0.2, -0.15) is 0 Å². The van der Waals surface area contributed by atoms with Gasteiger partial charge in [0.25, 0.3) is 5.91 Å². The SMILES string of the molecule is O=C(NCCC(=O)N1CCCC1Cc1cccc(F)c1)c1ccc(Cl)cc1. The van der Waals surface area contributed by atoms with Crippen LogP contribution in [0.2, 0.25) is 5.02 Å². The van der Waals surface area contributed by atoms with Crippen LogP contribution in [0.25, 0.3) is 0 Å². The van der Waals surface area contributed by atoms with Gasteiger partial charge in [0, 0.05) is 36.1 Å². The fourth-order valence-electron chi connectivity index (χ4n) is 3.44. The van der Waals surface area contributed by atoms with Crippen molar-refractivity contribution in [3.05, 3.63) is 70.5 Å². The number of hydrogen-bond acceptors (Lipinski definition) is 2. The van der Waals surface area contributed by atoms with Crippen molar-refractivity contribution >= 4 is 23.4 Å². The van der Waals surface area contributed by atoms with E-state index in [0.717, 1.165) is 18.4 Å². The Morgan fingerprint density at radius 3 is 2.70 bits per heavy atom. The molecule has 1 atom stereocenters. The molecule has 4 nitrogen and oxygen atoms in total. The molecule has 142 valence electrons. The number of nitrogens with zero attached hydrogens (tertiary/aromatic N) is 1. The molecule has 6 heteroatoms. The average molecular weight is 389 g/mol. The number of likely N-dealkylation sites (tertiary alicyclic amines) is 1. The second-order valence-corrected chi connectivity index (χ2v) is 7.17. The highest BCUT2D eigenvalue weighted by atomic mass is 35.5. The van der Waals surface area contributed by atoms with E-state index in [-0.39, 0.29) is 36.6 Å². The molecule has 2 amide bonds. The molecule has 1 heterocycles. The van der Waals surface area contributed by atoms with Gasteiger partial charge in [0.2, 0.25) is 5.91 Å². The summed E-state index contributed by atoms with van der Waals surface area (Å²) in [6.45, 7) is 0.993. The van der Waals surface area contributed by atoms with E-state index in [4.69, 9.17) is 11.6 Å². The monoisotopic (exact) mass is 388 g/mol. The Labute approximate surface area is 163 Å². The maximum atomic E-state index is 13.4. The van der Waals surface area contributed by atoms with Gasteiger partial charge in [0.15, 0.2) is 0 Å². The third kappa shape index (κ3) is 5.30. The van der Waals surface area contributed by atoms with Gasteiger partial charge >= 0.3 is 0 Å². The van der Waals surface area contributed by atoms with Crippen molar-refractivity contribution in [1.82, 2.24) is 10.2 Å². The number of amides is 2. The highest BCUT2D eigenvalue weighted by molar-refractivity contribution is 6.30. The van der Waals surface area contributed by atoms with Gasteiger partial charge in [-0.3, -0.25) is 9.59 Å². The van der Waals surface area contributed by atoms with E-state index in [1.165, 1.54) is 12.1 Å². The molecule has 0 aliphatic carbocycles. The first-order valence-electron chi connectivity index (χ1n) is 9.10. The summed E-state index contributed by atoms with van der Waals surface area (Å²) in [7, 11) is 0. The van der Waals surface area contributed by atoms with Crippen LogP contribution in [-0.4, -0.2) is 35.8 Å². The van der Waals surface area contributed by atoms with Crippen LogP contribution in [0.5, 0.6) is 0 Å². The Morgan fingerprint density at radius 1 is 1.19 bits per heavy atom. The molecule has 27 heavy (non-hydrogen) atoms. The van der Waals surface area contributed by atoms with Gasteiger partial charge < -0.3 is 10.2 Å². The van der Waals surface area contributed by atoms with E-state index in [9.17, 15) is 14.0 Å². The zero-order chi connectivity index (χ0) is 19.2. The van der Waals surface area contributed by atoms with E-state index in [0.29, 0.717) is 23.6 Å². The van der Waals surface area contributed by atoms with Gasteiger partial charge in [-0.15, -0.1) is 0 Å². The zero-order valence-corrected chi connectivity index (χ0v) is 15.7. The summed E-state index contributed by atoms with van der Waals surface area (Å²) in [5.41, 5.74) is 1.41. The molecule has 0 radical (unpaired) electrons. The van der Waals surface area contributed by atoms with E-state index >= 15 is 0 Å². The minimum Gasteiger partial charge on any atom is -0.352 e. The molecule has 1 fully saturated rings. The second kappa shape index (κ2) is 9.00. The Kier molecular flexibility index (Phi) is 6.45. The summed E-state index contributed by atoms with van der Waals surface area (Å²) in [6.07, 6.45) is 2.77. The molecule has 2 aromatic rings. The summed E-state index contributed by atoms with van der Waals surface area (Å²) in [4.78, 5) is 26.5. The van der Waals surface area contributed by atoms with E-state index in [2.05, 4.69) is 5.32 Å². The second-order valence-electron chi connectivity index (χ2n) is 6.73. The molecule has 0 bridgehead atoms. The number of hydrogen-bond donors (Lipinski definition) is 1. The Hall–Kier alpha value is -2.40. The molecule has 0 aromatic heterocycles. The van der Waals surface area contributed by atoms with E-state index < -0.39 is 0 Å². The van der Waals surface area contributed by atoms with Crippen LogP contribution in [0.15, 0.2) is 48.5 Å². The quantitative estimate of drug-likeness (QED) is 0.817. The maximum absolute atomic E-state index is 13.4. The van der Waals surface area contributed by atoms with Crippen LogP contribution >= 0.6 is 11.6 Å². The van der Waals surface area contributed by atoms with Crippen molar-refractivity contribution in [2.75, 3.05) is 13.1 Å². The summed E-state index contributed by atoms with van der Waals surface area (Å²) in [5, 5.41) is 3.34. The Balaban J connectivity index is 1.49. The van der Waals surface area contributed by atoms with Crippen LogP contribution < -0.4 is 5.32 Å². The minimum absolute atomic E-state index is 0.0188. The molecule has 2 aromatic carbocycles. The molecule has 1 aliphatic rings. The molecule has 3 rings (SSSR count). The lowest BCUT2D eigenvalue weighted by Crippen LogP contribution is -2.38. The highest BCUT2D eigenvalue weighted by Crippen LogP contribution is 2.22. The normalized spacial score (nSPS) is 16.4. The number of nitrogens with one attached hydrogen (secondary N) is 1. The molecule has 0 spiro atoms. The topological polar surface area (TPSA) is 49.4 Å². The molecular weight excluding hydrogens is 367 g/mol. The van der Waals surface area contributed by atoms with Gasteiger partial charge in [-0.05, 0) is 61.2 Å². The van der Waals surface area contributed by atoms with Crippen LogP contribution in [0.1, 0.15) is 35.2 Å². The molecule has 0 saturated carbocycles. The lowest BCUT2D eigenvalue weighted by molar-refractivity contribution is -0.131. The van der Waals surface area contributed by atoms with Crippen LogP contribution in [0, 0.1) is 5.82 Å². The van der Waals surface area contributed by atoms with E-state index in [1.807, 2.05) is 11.0 Å². The Morgan fingerprint density at radius 2 is 1.96 bits per heavy atom. The van der Waals surface area contributed by atoms with Crippen molar-refractivity contribution in [2.24, 2.45) is 0 Å². The maximum Gasteiger partial charge on any atom is 0.251 e. The lowest BCUT2D eigenvalue weighted by Gasteiger charge is -2.25. The molecule has 1 N–H and O–H groups in total. The first-order valence-corrected chi connectivity index (χ1v) is 9.48. The summed E-state index contributed by atoms with van der Waals surface area (Å²) in [6, 6.07) is 13.2. The Bertz CT molecular complexity index is 810. The van der Waals surface area contributed by atoms with Crippen LogP contribution in [0.4, 0.5) is 4.39 Å². The van der Waals surface area contributed by atoms with Crippen molar-refractivity contribution in [3.63, 3.8) is 0 Å². The first-order chi connectivity index (χ1) is 13.0. The third-order valence-corrected chi connectivity index (χ3v) is 5.04. The number of carbonyl (C=O) groups excluding carboxylic acids is 2. The van der Waals surface area contributed by atoms with Gasteiger partial charge in [0.05, 0.1) is 0 Å². The molecule has 1 saturated heterocycles. The fraction of sp³-hybridized carbons (Fsp3) is 0.333. The van der Waals surface area contributed by atoms with Gasteiger partial charge in [0.1, 0.15) is 5.82 Å². The van der Waals surface area contributed by atoms with Gasteiger partial charge in [-0.1, -0.05) is 23.7 Å². The fourth-order valence-corrected chi connectivity index (χ4v) is 3.57. The number of rotatable bonds is 6. The molecule has 1 aliphatic heterocycles. The third-order valence-electron chi connectivity index (χ3n) is 4.79. The van der Waals surface area contributed by atoms with Crippen LogP contribution in [-0.2, 0) is 11.2 Å². The summed E-state index contributed by atoms with van der Waals surface area (Å²) in [5.74, 6) is -0.462. The first kappa shape index (κ1) is 19.4. The largest absolute Gasteiger partial charge is 0.352 e. The molecular formula is C21H22ClFN2O2. The smallest absolute Gasteiger partial charge is 0.251 e. The number of halogens is 2. The van der Waals surface area contributed by atoms with Crippen molar-refractivity contribution < 1.29 is 14.0 Å². The number of benzene rings is 2. The predicted molar refractivity (Wildman–Crippen MR) is 103 cm³/mol. The van der Waals surface area contributed by atoms with Gasteiger partial charge in [-0.25, -0.2) is 4.39 Å². The van der Waals surface area contributed by atoms with Crippen LogP contribution in [0.3, 0.4) is 0 Å². The zero-order valence-electron chi connectivity index (χ0n) is 15.0. The highest BCUT2D eigenvalue weighted by Gasteiger charge is 2.28. The molecule has 1 unspecified atom stereocenters. The number of carbonyl (C=O) groups is 2. The minimum atomic E-state index is -0.256. The average Bonchev–Trinajstić information content (AvgIpc) is 3.10. The lowest BCUT2D eigenvalue weighted by atomic mass is 10.0. The van der Waals surface area contributed by atoms with Crippen molar-refractivity contribution in [1.29, 1.82) is 0 Å². The van der Waals surface area contributed by atoms with E-state index in [1.54, 1.807) is 30.3 Å². The predicted octanol–water partition coefficient (Wildman–Crippen LogP) is 3.83. The summed E-state index contributed by atoms with van der Waals surface area (Å²) >= 11 is 5.81. The summed E-state index contributed by atoms with van der Waals surface area (Å²) < 4.78 is 13.4. The van der Waals surface area contributed by atoms with Crippen molar-refractivity contribution in [2.45, 2.75) is 31.7 Å². The standard InChI is InChI=1S/C21H22ClFN2O2/c22-17-8-6-16(7-9-17)21(27)24-11-10-20(26)25-12-2-5-19(25)14-15-3-1-4-18(23)13-15/h1,3-4,6-9,13,19H,2,5,10-12,14H2,(H,24,27).